The minimum atomic E-state index is -5.08. The molecule has 1 fully saturated rings. The summed E-state index contributed by atoms with van der Waals surface area (Å²) in [6.07, 6.45) is -3.26. The maximum Gasteiger partial charge on any atom is 0.490 e. The highest BCUT2D eigenvalue weighted by Gasteiger charge is 2.50. The summed E-state index contributed by atoms with van der Waals surface area (Å²) in [6.45, 7) is 2.05. The first-order chi connectivity index (χ1) is 18.5. The van der Waals surface area contributed by atoms with E-state index in [0.29, 0.717) is 11.4 Å². The van der Waals surface area contributed by atoms with Gasteiger partial charge in [0, 0.05) is 43.5 Å². The van der Waals surface area contributed by atoms with E-state index in [-0.39, 0.29) is 11.2 Å². The zero-order chi connectivity index (χ0) is 29.9. The van der Waals surface area contributed by atoms with Gasteiger partial charge in [0.05, 0.1) is 22.7 Å². The van der Waals surface area contributed by atoms with Crippen molar-refractivity contribution in [3.63, 3.8) is 0 Å². The fourth-order valence-electron chi connectivity index (χ4n) is 4.21. The number of carboxylic acids is 2. The highest BCUT2D eigenvalue weighted by Crippen LogP contribution is 2.46. The zero-order valence-electron chi connectivity index (χ0n) is 20.1. The standard InChI is InChI=1S/C20H18N2O3S.2C2HF3O2/c23-26(24)19-4-3-15(16-5-7-25-13-16)8-17(19)18-11-22(12-20(18)26)10-14-2-1-6-21-9-14;2*3-2(4,5)1(6)7/h1-9,13,18,20H,10-12H2;2*(H,6,7). The van der Waals surface area contributed by atoms with E-state index < -0.39 is 34.1 Å². The summed E-state index contributed by atoms with van der Waals surface area (Å²) >= 11 is 0. The number of sulfone groups is 1. The van der Waals surface area contributed by atoms with Crippen molar-refractivity contribution in [2.45, 2.75) is 35.0 Å². The van der Waals surface area contributed by atoms with Crippen molar-refractivity contribution in [2.75, 3.05) is 13.1 Å². The topological polar surface area (TPSA) is 138 Å². The van der Waals surface area contributed by atoms with Gasteiger partial charge in [-0.3, -0.25) is 9.88 Å². The van der Waals surface area contributed by atoms with Crippen LogP contribution >= 0.6 is 0 Å². The maximum absolute atomic E-state index is 13.0. The van der Waals surface area contributed by atoms with Gasteiger partial charge in [-0.25, -0.2) is 18.0 Å². The Bertz CT molecular complexity index is 1420. The Hall–Kier alpha value is -3.92. The highest BCUT2D eigenvalue weighted by atomic mass is 32.2. The third kappa shape index (κ3) is 7.18. The quantitative estimate of drug-likeness (QED) is 0.424. The number of halogens is 6. The number of rotatable bonds is 3. The van der Waals surface area contributed by atoms with Crippen LogP contribution in [0.1, 0.15) is 17.0 Å². The van der Waals surface area contributed by atoms with E-state index in [0.717, 1.165) is 35.3 Å². The Kier molecular flexibility index (Phi) is 8.94. The molecule has 5 rings (SSSR count). The molecule has 3 aromatic rings. The number of furan rings is 1. The maximum atomic E-state index is 13.0. The van der Waals surface area contributed by atoms with E-state index in [4.69, 9.17) is 24.2 Å². The first-order valence-corrected chi connectivity index (χ1v) is 12.7. The summed E-state index contributed by atoms with van der Waals surface area (Å²) in [4.78, 5) is 24.7. The Morgan fingerprint density at radius 3 is 2.10 bits per heavy atom. The molecule has 1 aromatic carbocycles. The van der Waals surface area contributed by atoms with Crippen molar-refractivity contribution >= 4 is 21.8 Å². The van der Waals surface area contributed by atoms with E-state index in [1.807, 2.05) is 36.5 Å². The van der Waals surface area contributed by atoms with Crippen LogP contribution in [0.3, 0.4) is 0 Å². The minimum absolute atomic E-state index is 0.0264. The molecule has 4 heterocycles. The summed E-state index contributed by atoms with van der Waals surface area (Å²) in [5.74, 6) is -5.49. The second-order valence-corrected chi connectivity index (χ2v) is 10.8. The van der Waals surface area contributed by atoms with Gasteiger partial charge in [0.25, 0.3) is 0 Å². The number of benzene rings is 1. The summed E-state index contributed by atoms with van der Waals surface area (Å²) in [5, 5.41) is 13.9. The Balaban J connectivity index is 0.000000263. The second-order valence-electron chi connectivity index (χ2n) is 8.62. The molecule has 0 radical (unpaired) electrons. The van der Waals surface area contributed by atoms with Crippen molar-refractivity contribution < 1.29 is 59.0 Å². The van der Waals surface area contributed by atoms with Crippen LogP contribution in [0, 0.1) is 0 Å². The van der Waals surface area contributed by atoms with Gasteiger partial charge in [-0.2, -0.15) is 26.3 Å². The SMILES string of the molecule is O=C(O)C(F)(F)F.O=C(O)C(F)(F)F.O=S1(=O)c2ccc(-c3ccoc3)cc2C2CN(Cc3cccnc3)CC21. The van der Waals surface area contributed by atoms with Crippen LogP contribution in [-0.4, -0.2) is 71.1 Å². The number of hydrogen-bond acceptors (Lipinski definition) is 7. The molecule has 2 unspecified atom stereocenters. The van der Waals surface area contributed by atoms with Crippen LogP contribution in [-0.2, 0) is 26.0 Å². The van der Waals surface area contributed by atoms with Gasteiger partial charge in [0.2, 0.25) is 0 Å². The molecule has 1 saturated heterocycles. The number of carboxylic acid groups (broad SMARTS) is 2. The summed E-state index contributed by atoms with van der Waals surface area (Å²) in [6, 6.07) is 11.5. The van der Waals surface area contributed by atoms with Gasteiger partial charge in [0.1, 0.15) is 0 Å². The fraction of sp³-hybridized carbons (Fsp3) is 0.292. The van der Waals surface area contributed by atoms with E-state index in [9.17, 15) is 34.8 Å². The monoisotopic (exact) mass is 594 g/mol. The average molecular weight is 594 g/mol. The van der Waals surface area contributed by atoms with Gasteiger partial charge in [0.15, 0.2) is 9.84 Å². The van der Waals surface area contributed by atoms with E-state index >= 15 is 0 Å². The molecular weight excluding hydrogens is 574 g/mol. The van der Waals surface area contributed by atoms with Gasteiger partial charge in [-0.1, -0.05) is 12.1 Å². The molecule has 16 heteroatoms. The molecule has 2 N–H and O–H groups in total. The van der Waals surface area contributed by atoms with Gasteiger partial charge in [-0.05, 0) is 41.0 Å². The van der Waals surface area contributed by atoms with Crippen LogP contribution in [0.25, 0.3) is 11.1 Å². The van der Waals surface area contributed by atoms with Crippen molar-refractivity contribution in [3.8, 4) is 11.1 Å². The number of fused-ring (bicyclic) bond motifs is 3. The molecule has 2 aromatic heterocycles. The number of nitrogens with zero attached hydrogens (tertiary/aromatic N) is 2. The lowest BCUT2D eigenvalue weighted by Crippen LogP contribution is -2.25. The normalized spacial score (nSPS) is 19.4. The van der Waals surface area contributed by atoms with E-state index in [2.05, 4.69) is 9.88 Å². The van der Waals surface area contributed by atoms with Crippen molar-refractivity contribution in [2.24, 2.45) is 0 Å². The Labute approximate surface area is 222 Å². The van der Waals surface area contributed by atoms with Gasteiger partial charge < -0.3 is 14.6 Å². The van der Waals surface area contributed by atoms with Crippen LogP contribution in [0.15, 0.2) is 70.6 Å². The molecule has 0 amide bonds. The average Bonchev–Trinajstić information content (AvgIpc) is 3.58. The molecular formula is C24H20F6N2O7S. The highest BCUT2D eigenvalue weighted by molar-refractivity contribution is 7.92. The number of carbonyl (C=O) groups is 2. The number of likely N-dealkylation sites (tertiary alicyclic amines) is 1. The van der Waals surface area contributed by atoms with Crippen molar-refractivity contribution in [1.29, 1.82) is 0 Å². The van der Waals surface area contributed by atoms with Crippen LogP contribution in [0.4, 0.5) is 26.3 Å². The van der Waals surface area contributed by atoms with Gasteiger partial charge >= 0.3 is 24.3 Å². The predicted molar refractivity (Wildman–Crippen MR) is 125 cm³/mol. The molecule has 9 nitrogen and oxygen atoms in total. The molecule has 0 spiro atoms. The molecule has 0 bridgehead atoms. The van der Waals surface area contributed by atoms with Crippen LogP contribution in [0.2, 0.25) is 0 Å². The van der Waals surface area contributed by atoms with Gasteiger partial charge in [-0.15, -0.1) is 0 Å². The van der Waals surface area contributed by atoms with Crippen LogP contribution in [0.5, 0.6) is 0 Å². The lowest BCUT2D eigenvalue weighted by molar-refractivity contribution is -0.193. The first-order valence-electron chi connectivity index (χ1n) is 11.1. The summed E-state index contributed by atoms with van der Waals surface area (Å²) < 4.78 is 94.6. The van der Waals surface area contributed by atoms with E-state index in [1.54, 1.807) is 24.8 Å². The zero-order valence-corrected chi connectivity index (χ0v) is 20.9. The number of alkyl halides is 6. The number of hydrogen-bond donors (Lipinski definition) is 2. The third-order valence-corrected chi connectivity index (χ3v) is 8.18. The third-order valence-electron chi connectivity index (χ3n) is 5.92. The molecule has 40 heavy (non-hydrogen) atoms. The molecule has 0 saturated carbocycles. The summed E-state index contributed by atoms with van der Waals surface area (Å²) in [5.41, 5.74) is 4.03. The molecule has 216 valence electrons. The summed E-state index contributed by atoms with van der Waals surface area (Å²) in [7, 11) is -3.27. The van der Waals surface area contributed by atoms with E-state index in [1.165, 1.54) is 0 Å². The molecule has 0 aliphatic carbocycles. The smallest absolute Gasteiger partial charge is 0.475 e. The lowest BCUT2D eigenvalue weighted by Gasteiger charge is -2.17. The molecule has 2 atom stereocenters. The fourth-order valence-corrected chi connectivity index (χ4v) is 6.41. The predicted octanol–water partition coefficient (Wildman–Crippen LogP) is 4.36. The number of aliphatic carboxylic acids is 2. The second kappa shape index (κ2) is 11.7. The number of pyridine rings is 1. The molecule has 2 aliphatic rings. The molecule has 2 aliphatic heterocycles. The first kappa shape index (κ1) is 30.6. The Morgan fingerprint density at radius 1 is 0.975 bits per heavy atom. The largest absolute Gasteiger partial charge is 0.490 e. The Morgan fingerprint density at radius 2 is 1.60 bits per heavy atom. The van der Waals surface area contributed by atoms with Crippen molar-refractivity contribution in [3.05, 3.63) is 72.4 Å². The number of aromatic nitrogens is 1. The minimum Gasteiger partial charge on any atom is -0.475 e. The van der Waals surface area contributed by atoms with Crippen LogP contribution < -0.4 is 0 Å². The van der Waals surface area contributed by atoms with Crippen molar-refractivity contribution in [1.82, 2.24) is 9.88 Å². The lowest BCUT2D eigenvalue weighted by atomic mass is 9.95.